The van der Waals surface area contributed by atoms with Gasteiger partial charge in [-0.2, -0.15) is 0 Å². The van der Waals surface area contributed by atoms with Gasteiger partial charge in [0.05, 0.1) is 53.2 Å². The summed E-state index contributed by atoms with van der Waals surface area (Å²) in [5.41, 5.74) is -0.713. The van der Waals surface area contributed by atoms with Crippen LogP contribution in [0.15, 0.2) is 42.5 Å². The number of esters is 1. The van der Waals surface area contributed by atoms with Crippen LogP contribution in [-0.2, 0) is 39.0 Å². The van der Waals surface area contributed by atoms with Gasteiger partial charge in [-0.05, 0) is 61.6 Å². The van der Waals surface area contributed by atoms with Crippen molar-refractivity contribution in [2.24, 2.45) is 5.92 Å². The first-order chi connectivity index (χ1) is 27.1. The number of methoxy groups -OCH3 is 2. The predicted octanol–water partition coefficient (Wildman–Crippen LogP) is 0.713. The van der Waals surface area contributed by atoms with Gasteiger partial charge in [0.1, 0.15) is 24.1 Å². The number of unbranched alkanes of at least 4 members (excludes halogenated alkanes) is 1. The molecule has 0 aliphatic carbocycles. The minimum Gasteiger partial charge on any atom is -0.497 e. The van der Waals surface area contributed by atoms with Crippen molar-refractivity contribution in [1.82, 2.24) is 4.90 Å². The van der Waals surface area contributed by atoms with Crippen molar-refractivity contribution in [3.63, 3.8) is 0 Å². The van der Waals surface area contributed by atoms with E-state index in [1.165, 1.54) is 7.11 Å². The maximum atomic E-state index is 15.1. The summed E-state index contributed by atoms with van der Waals surface area (Å²) < 4.78 is 22.5. The Labute approximate surface area is 332 Å². The molecule has 4 aliphatic rings. The number of rotatable bonds is 13. The quantitative estimate of drug-likeness (QED) is 0.0933. The fraction of sp³-hybridized carbons (Fsp3) is 0.600. The lowest BCUT2D eigenvalue weighted by molar-refractivity contribution is -0.274. The van der Waals surface area contributed by atoms with Crippen molar-refractivity contribution >= 4 is 48.3 Å². The number of amides is 3. The van der Waals surface area contributed by atoms with Crippen LogP contribution in [0.5, 0.6) is 5.75 Å². The van der Waals surface area contributed by atoms with Crippen LogP contribution in [0.25, 0.3) is 0 Å². The molecule has 0 radical (unpaired) electrons. The maximum Gasteiger partial charge on any atom is 0.305 e. The first kappa shape index (κ1) is 42.7. The third-order valence-electron chi connectivity index (χ3n) is 12.5. The molecule has 1 spiro atoms. The Hall–Kier alpha value is -3.94. The van der Waals surface area contributed by atoms with Crippen molar-refractivity contribution in [3.05, 3.63) is 48.0 Å². The topological polar surface area (TPSA) is 225 Å². The molecule has 312 valence electrons. The Kier molecular flexibility index (Phi) is 12.8. The van der Waals surface area contributed by atoms with E-state index in [9.17, 15) is 39.9 Å². The number of carbonyl (C=O) groups is 4. The summed E-state index contributed by atoms with van der Waals surface area (Å²) in [4.78, 5) is 58.0. The number of aliphatic hydroxyl groups is 5. The van der Waals surface area contributed by atoms with E-state index in [-0.39, 0.29) is 61.0 Å². The molecule has 16 nitrogen and oxygen atoms in total. The van der Waals surface area contributed by atoms with Gasteiger partial charge in [0.25, 0.3) is 11.8 Å². The molecule has 4 heterocycles. The average molecular weight is 814 g/mol. The third-order valence-corrected chi connectivity index (χ3v) is 16.8. The molecule has 3 saturated heterocycles. The summed E-state index contributed by atoms with van der Waals surface area (Å²) in [6.45, 7) is 6.95. The van der Waals surface area contributed by atoms with Gasteiger partial charge in [0, 0.05) is 36.7 Å². The van der Waals surface area contributed by atoms with Gasteiger partial charge in [-0.3, -0.25) is 19.2 Å². The van der Waals surface area contributed by atoms with Gasteiger partial charge >= 0.3 is 5.97 Å². The van der Waals surface area contributed by atoms with Crippen molar-refractivity contribution < 1.29 is 63.7 Å². The van der Waals surface area contributed by atoms with Gasteiger partial charge < -0.3 is 59.6 Å². The van der Waals surface area contributed by atoms with Crippen LogP contribution in [0.1, 0.15) is 51.0 Å². The van der Waals surface area contributed by atoms with Gasteiger partial charge in [0.15, 0.2) is 18.0 Å². The number of benzene rings is 2. The molecule has 57 heavy (non-hydrogen) atoms. The number of nitrogens with one attached hydrogen (secondary N) is 1. The first-order valence-corrected chi connectivity index (χ1v) is 22.6. The standard InChI is InChI=1S/C40H55N3O13Si/c1-22-36(57(4,5)26-14-12-25(53-2)13-15-26)29(20-30(45)42-18-8-9-24(42)21-44)56-40(22)27-19-23(41-37(50)35-33(48)32(47)34(49)38(51)55-35)11-16-28(27)43(39(40)52)17-7-6-10-31(46)54-3/h11-16,19,22,24,29,32-36,38,44,47-49,51H,6-10,17-18,20-21H2,1-5H3,(H,41,50)/t22-,24-,29+,32-,33-,34+,35-,36-,38+,40+/m0/s1. The van der Waals surface area contributed by atoms with Crippen LogP contribution in [0.4, 0.5) is 11.4 Å². The second kappa shape index (κ2) is 17.1. The highest BCUT2D eigenvalue weighted by atomic mass is 28.3. The normalized spacial score (nSPS) is 31.1. The molecule has 4 aliphatic heterocycles. The Morgan fingerprint density at radius 2 is 1.72 bits per heavy atom. The number of carbonyl (C=O) groups excluding carboxylic acids is 4. The molecule has 3 amide bonds. The minimum absolute atomic E-state index is 0.0224. The van der Waals surface area contributed by atoms with E-state index < -0.39 is 62.3 Å². The van der Waals surface area contributed by atoms with E-state index in [0.717, 1.165) is 11.6 Å². The Balaban J connectivity index is 1.41. The van der Waals surface area contributed by atoms with Crippen molar-refractivity contribution in [3.8, 4) is 5.75 Å². The molecule has 2 aromatic carbocycles. The molecule has 0 bridgehead atoms. The number of hydrogen-bond acceptors (Lipinski definition) is 13. The lowest BCUT2D eigenvalue weighted by Crippen LogP contribution is -2.60. The highest BCUT2D eigenvalue weighted by Crippen LogP contribution is 2.60. The average Bonchev–Trinajstić information content (AvgIpc) is 3.87. The largest absolute Gasteiger partial charge is 0.497 e. The third kappa shape index (κ3) is 7.83. The lowest BCUT2D eigenvalue weighted by Gasteiger charge is -2.37. The number of nitrogens with zero attached hydrogens (tertiary/aromatic N) is 2. The molecule has 3 fully saturated rings. The van der Waals surface area contributed by atoms with Gasteiger partial charge in [0.2, 0.25) is 5.91 Å². The second-order valence-electron chi connectivity index (χ2n) is 16.1. The molecular weight excluding hydrogens is 759 g/mol. The molecule has 17 heteroatoms. The van der Waals surface area contributed by atoms with E-state index in [2.05, 4.69) is 18.4 Å². The van der Waals surface area contributed by atoms with Gasteiger partial charge in [-0.15, -0.1) is 0 Å². The van der Waals surface area contributed by atoms with Crippen LogP contribution in [0, 0.1) is 5.92 Å². The van der Waals surface area contributed by atoms with E-state index in [0.29, 0.717) is 42.8 Å². The lowest BCUT2D eigenvalue weighted by atomic mass is 9.82. The minimum atomic E-state index is -2.65. The predicted molar refractivity (Wildman–Crippen MR) is 208 cm³/mol. The molecule has 0 saturated carbocycles. The van der Waals surface area contributed by atoms with Crippen LogP contribution in [0.2, 0.25) is 18.6 Å². The van der Waals surface area contributed by atoms with Crippen LogP contribution < -0.4 is 20.1 Å². The Bertz CT molecular complexity index is 1810. The highest BCUT2D eigenvalue weighted by Gasteiger charge is 2.66. The van der Waals surface area contributed by atoms with Crippen molar-refractivity contribution in [2.75, 3.05) is 44.1 Å². The molecule has 6 rings (SSSR count). The van der Waals surface area contributed by atoms with E-state index in [1.54, 1.807) is 35.1 Å². The Morgan fingerprint density at radius 3 is 2.39 bits per heavy atom. The highest BCUT2D eigenvalue weighted by molar-refractivity contribution is 6.91. The summed E-state index contributed by atoms with van der Waals surface area (Å²) in [7, 11) is 0.263. The van der Waals surface area contributed by atoms with E-state index >= 15 is 4.79 Å². The zero-order valence-electron chi connectivity index (χ0n) is 33.0. The summed E-state index contributed by atoms with van der Waals surface area (Å²) in [6, 6.07) is 12.4. The van der Waals surface area contributed by atoms with Crippen molar-refractivity contribution in [1.29, 1.82) is 0 Å². The molecule has 10 atom stereocenters. The number of aliphatic hydroxyl groups excluding tert-OH is 5. The first-order valence-electron chi connectivity index (χ1n) is 19.5. The van der Waals surface area contributed by atoms with Crippen LogP contribution >= 0.6 is 0 Å². The summed E-state index contributed by atoms with van der Waals surface area (Å²) in [6.07, 6.45) is -7.38. The number of anilines is 2. The monoisotopic (exact) mass is 813 g/mol. The smallest absolute Gasteiger partial charge is 0.305 e. The summed E-state index contributed by atoms with van der Waals surface area (Å²) >= 11 is 0. The molecule has 0 aromatic heterocycles. The van der Waals surface area contributed by atoms with Crippen LogP contribution in [0.3, 0.4) is 0 Å². The number of ether oxygens (including phenoxy) is 4. The number of likely N-dealkylation sites (tertiary alicyclic amines) is 1. The zero-order valence-corrected chi connectivity index (χ0v) is 34.0. The second-order valence-corrected chi connectivity index (χ2v) is 20.7. The summed E-state index contributed by atoms with van der Waals surface area (Å²) in [5, 5.41) is 54.6. The molecular formula is C40H55N3O13Si. The maximum absolute atomic E-state index is 15.1. The Morgan fingerprint density at radius 1 is 1.00 bits per heavy atom. The van der Waals surface area contributed by atoms with Gasteiger partial charge in [-0.1, -0.05) is 37.3 Å². The SMILES string of the molecule is COC(=O)CCCCN1C(=O)[C@]2(O[C@H](CC(=O)N3CCC[C@H]3CO)[C@@H]([Si](C)(C)c3ccc(OC)cc3)[C@@H]2C)c2cc(NC(=O)[C@H]3O[C@@H](O)[C@H](O)[C@@H](O)[C@@H]3O)ccc21. The number of hydrogen-bond donors (Lipinski definition) is 6. The number of fused-ring (bicyclic) bond motifs is 2. The molecule has 2 aromatic rings. The molecule has 0 unspecified atom stereocenters. The van der Waals surface area contributed by atoms with Crippen molar-refractivity contribution in [2.45, 2.75) is 113 Å². The fourth-order valence-electron chi connectivity index (χ4n) is 9.39. The zero-order chi connectivity index (χ0) is 41.4. The van der Waals surface area contributed by atoms with Gasteiger partial charge in [-0.25, -0.2) is 0 Å². The molecule has 6 N–H and O–H groups in total. The van der Waals surface area contributed by atoms with E-state index in [1.807, 2.05) is 31.2 Å². The summed E-state index contributed by atoms with van der Waals surface area (Å²) in [5.74, 6) is -1.60. The van der Waals surface area contributed by atoms with E-state index in [4.69, 9.17) is 18.9 Å². The fourth-order valence-corrected chi connectivity index (χ4v) is 13.4. The van der Waals surface area contributed by atoms with Crippen LogP contribution in [-0.4, -0.2) is 139 Å².